The Morgan fingerprint density at radius 2 is 2.00 bits per heavy atom. The fraction of sp³-hybridized carbons (Fsp3) is 0.500. The molecule has 0 radical (unpaired) electrons. The van der Waals surface area contributed by atoms with E-state index in [9.17, 15) is 0 Å². The van der Waals surface area contributed by atoms with E-state index in [0.29, 0.717) is 0 Å². The van der Waals surface area contributed by atoms with Crippen LogP contribution in [0.15, 0.2) is 16.6 Å². The molecular formula is C14H18BrN3. The Kier molecular flexibility index (Phi) is 2.94. The Balaban J connectivity index is 2.10. The second-order valence-corrected chi connectivity index (χ2v) is 6.34. The third-order valence-electron chi connectivity index (χ3n) is 3.96. The lowest BCUT2D eigenvalue weighted by Crippen LogP contribution is -2.39. The Morgan fingerprint density at radius 3 is 2.72 bits per heavy atom. The molecule has 1 aromatic heterocycles. The quantitative estimate of drug-likeness (QED) is 0.843. The van der Waals surface area contributed by atoms with Gasteiger partial charge in [0.15, 0.2) is 0 Å². The number of nitrogens with one attached hydrogen (secondary N) is 1. The summed E-state index contributed by atoms with van der Waals surface area (Å²) in [5, 5.41) is 0. The van der Waals surface area contributed by atoms with Crippen LogP contribution >= 0.6 is 15.9 Å². The Morgan fingerprint density at radius 1 is 1.28 bits per heavy atom. The number of nitrogens with two attached hydrogens (primary N) is 1. The van der Waals surface area contributed by atoms with Crippen molar-refractivity contribution in [2.45, 2.75) is 44.6 Å². The number of fused-ring (bicyclic) bond motifs is 1. The van der Waals surface area contributed by atoms with Gasteiger partial charge < -0.3 is 10.7 Å². The van der Waals surface area contributed by atoms with Gasteiger partial charge in [0.25, 0.3) is 0 Å². The number of halogens is 1. The topological polar surface area (TPSA) is 54.7 Å². The van der Waals surface area contributed by atoms with E-state index in [1.54, 1.807) is 0 Å². The van der Waals surface area contributed by atoms with Gasteiger partial charge >= 0.3 is 0 Å². The first-order valence-electron chi connectivity index (χ1n) is 6.54. The maximum Gasteiger partial charge on any atom is 0.127 e. The Hall–Kier alpha value is -0.870. The number of aryl methyl sites for hydroxylation is 1. The van der Waals surface area contributed by atoms with E-state index in [4.69, 9.17) is 10.7 Å². The number of nitrogens with zero attached hydrogens (tertiary/aromatic N) is 1. The van der Waals surface area contributed by atoms with E-state index in [2.05, 4.69) is 40.0 Å². The highest BCUT2D eigenvalue weighted by Gasteiger charge is 2.32. The number of benzene rings is 1. The van der Waals surface area contributed by atoms with Crippen LogP contribution in [0.3, 0.4) is 0 Å². The van der Waals surface area contributed by atoms with E-state index in [1.165, 1.54) is 24.8 Å². The molecule has 3 rings (SSSR count). The molecule has 96 valence electrons. The number of H-pyrrole nitrogens is 1. The Bertz CT molecular complexity index is 582. The molecule has 0 amide bonds. The second kappa shape index (κ2) is 4.35. The molecule has 4 heteroatoms. The van der Waals surface area contributed by atoms with E-state index < -0.39 is 0 Å². The van der Waals surface area contributed by atoms with Crippen LogP contribution < -0.4 is 5.73 Å². The normalized spacial score (nSPS) is 19.3. The minimum atomic E-state index is -0.254. The predicted molar refractivity (Wildman–Crippen MR) is 77.5 cm³/mol. The minimum absolute atomic E-state index is 0.254. The van der Waals surface area contributed by atoms with Gasteiger partial charge in [0, 0.05) is 4.47 Å². The summed E-state index contributed by atoms with van der Waals surface area (Å²) in [5.74, 6) is 0.957. The van der Waals surface area contributed by atoms with Crippen molar-refractivity contribution in [1.29, 1.82) is 0 Å². The van der Waals surface area contributed by atoms with Crippen LogP contribution in [0.5, 0.6) is 0 Å². The zero-order valence-electron chi connectivity index (χ0n) is 10.6. The summed E-state index contributed by atoms with van der Waals surface area (Å²) in [6, 6.07) is 4.17. The van der Waals surface area contributed by atoms with Crippen molar-refractivity contribution in [2.75, 3.05) is 0 Å². The molecule has 18 heavy (non-hydrogen) atoms. The SMILES string of the molecule is Cc1cc(Br)cc2[nH]c(C3(N)CCCCC3)nc12. The summed E-state index contributed by atoms with van der Waals surface area (Å²) in [5.41, 5.74) is 9.58. The molecule has 0 spiro atoms. The molecule has 3 nitrogen and oxygen atoms in total. The van der Waals surface area contributed by atoms with Crippen molar-refractivity contribution in [2.24, 2.45) is 5.73 Å². The number of hydrogen-bond donors (Lipinski definition) is 2. The van der Waals surface area contributed by atoms with Gasteiger partial charge in [-0.2, -0.15) is 0 Å². The zero-order chi connectivity index (χ0) is 12.8. The molecule has 1 heterocycles. The van der Waals surface area contributed by atoms with Gasteiger partial charge in [-0.05, 0) is 37.5 Å². The molecule has 0 bridgehead atoms. The highest BCUT2D eigenvalue weighted by molar-refractivity contribution is 9.10. The lowest BCUT2D eigenvalue weighted by Gasteiger charge is -2.31. The lowest BCUT2D eigenvalue weighted by atomic mass is 9.82. The van der Waals surface area contributed by atoms with Crippen molar-refractivity contribution >= 4 is 27.0 Å². The smallest absolute Gasteiger partial charge is 0.127 e. The van der Waals surface area contributed by atoms with Gasteiger partial charge in [0.05, 0.1) is 16.6 Å². The van der Waals surface area contributed by atoms with Gasteiger partial charge in [-0.25, -0.2) is 4.98 Å². The van der Waals surface area contributed by atoms with Crippen molar-refractivity contribution in [3.63, 3.8) is 0 Å². The standard InChI is InChI=1S/C14H18BrN3/c1-9-7-10(15)8-11-12(9)18-13(17-11)14(16)5-3-2-4-6-14/h7-8H,2-6,16H2,1H3,(H,17,18). The van der Waals surface area contributed by atoms with Crippen molar-refractivity contribution in [3.8, 4) is 0 Å². The molecule has 1 saturated carbocycles. The predicted octanol–water partition coefficient (Wildman–Crippen LogP) is 3.75. The van der Waals surface area contributed by atoms with Crippen LogP contribution in [0.1, 0.15) is 43.5 Å². The van der Waals surface area contributed by atoms with Crippen LogP contribution in [-0.4, -0.2) is 9.97 Å². The van der Waals surface area contributed by atoms with Crippen LogP contribution in [-0.2, 0) is 5.54 Å². The average Bonchev–Trinajstić information content (AvgIpc) is 2.74. The third-order valence-corrected chi connectivity index (χ3v) is 4.42. The number of rotatable bonds is 1. The summed E-state index contributed by atoms with van der Waals surface area (Å²) >= 11 is 3.52. The van der Waals surface area contributed by atoms with Gasteiger partial charge in [-0.15, -0.1) is 0 Å². The second-order valence-electron chi connectivity index (χ2n) is 5.42. The van der Waals surface area contributed by atoms with Crippen LogP contribution in [0, 0.1) is 6.92 Å². The molecule has 0 unspecified atom stereocenters. The Labute approximate surface area is 115 Å². The van der Waals surface area contributed by atoms with E-state index in [-0.39, 0.29) is 5.54 Å². The molecule has 0 atom stereocenters. The molecule has 1 aliphatic carbocycles. The molecule has 1 aliphatic rings. The average molecular weight is 308 g/mol. The van der Waals surface area contributed by atoms with Crippen molar-refractivity contribution in [3.05, 3.63) is 28.0 Å². The molecule has 3 N–H and O–H groups in total. The molecule has 1 aromatic carbocycles. The highest BCUT2D eigenvalue weighted by Crippen LogP contribution is 2.34. The third kappa shape index (κ3) is 1.97. The maximum atomic E-state index is 6.53. The zero-order valence-corrected chi connectivity index (χ0v) is 12.2. The van der Waals surface area contributed by atoms with Crippen molar-refractivity contribution in [1.82, 2.24) is 9.97 Å². The summed E-state index contributed by atoms with van der Waals surface area (Å²) in [6.45, 7) is 2.09. The number of aromatic amines is 1. The highest BCUT2D eigenvalue weighted by atomic mass is 79.9. The lowest BCUT2D eigenvalue weighted by molar-refractivity contribution is 0.289. The first-order chi connectivity index (χ1) is 8.58. The number of imidazole rings is 1. The van der Waals surface area contributed by atoms with E-state index in [0.717, 1.165) is 34.2 Å². The number of aromatic nitrogens is 2. The first kappa shape index (κ1) is 12.2. The van der Waals surface area contributed by atoms with Crippen LogP contribution in [0.2, 0.25) is 0 Å². The molecule has 0 saturated heterocycles. The molecule has 1 fully saturated rings. The summed E-state index contributed by atoms with van der Waals surface area (Å²) in [4.78, 5) is 8.17. The first-order valence-corrected chi connectivity index (χ1v) is 7.33. The van der Waals surface area contributed by atoms with E-state index in [1.807, 2.05) is 0 Å². The minimum Gasteiger partial charge on any atom is -0.340 e. The largest absolute Gasteiger partial charge is 0.340 e. The molecule has 0 aliphatic heterocycles. The summed E-state index contributed by atoms with van der Waals surface area (Å²) in [6.07, 6.45) is 5.77. The van der Waals surface area contributed by atoms with Gasteiger partial charge in [0.1, 0.15) is 5.82 Å². The summed E-state index contributed by atoms with van der Waals surface area (Å²) in [7, 11) is 0. The van der Waals surface area contributed by atoms with Crippen molar-refractivity contribution < 1.29 is 0 Å². The monoisotopic (exact) mass is 307 g/mol. The van der Waals surface area contributed by atoms with Crippen LogP contribution in [0.25, 0.3) is 11.0 Å². The van der Waals surface area contributed by atoms with Gasteiger partial charge in [0.2, 0.25) is 0 Å². The summed E-state index contributed by atoms with van der Waals surface area (Å²) < 4.78 is 1.08. The van der Waals surface area contributed by atoms with E-state index >= 15 is 0 Å². The van der Waals surface area contributed by atoms with Crippen LogP contribution in [0.4, 0.5) is 0 Å². The number of hydrogen-bond acceptors (Lipinski definition) is 2. The van der Waals surface area contributed by atoms with Gasteiger partial charge in [-0.3, -0.25) is 0 Å². The fourth-order valence-electron chi connectivity index (χ4n) is 2.90. The fourth-order valence-corrected chi connectivity index (χ4v) is 3.47. The molecular weight excluding hydrogens is 290 g/mol. The maximum absolute atomic E-state index is 6.53. The van der Waals surface area contributed by atoms with Gasteiger partial charge in [-0.1, -0.05) is 35.2 Å². The molecule has 2 aromatic rings.